The summed E-state index contributed by atoms with van der Waals surface area (Å²) in [7, 11) is 0. The number of unbranched alkanes of at least 4 members (excludes halogenated alkanes) is 2. The molecule has 0 aliphatic heterocycles. The van der Waals surface area contributed by atoms with Crippen molar-refractivity contribution in [2.45, 2.75) is 91.6 Å². The van der Waals surface area contributed by atoms with Crippen LogP contribution in [0.5, 0.6) is 0 Å². The van der Waals surface area contributed by atoms with E-state index in [9.17, 15) is 5.11 Å². The van der Waals surface area contributed by atoms with Crippen LogP contribution in [0.4, 0.5) is 0 Å². The van der Waals surface area contributed by atoms with Gasteiger partial charge in [-0.25, -0.2) is 0 Å². The predicted octanol–water partition coefficient (Wildman–Crippen LogP) is 5.17. The van der Waals surface area contributed by atoms with Crippen LogP contribution in [0.1, 0.15) is 86.0 Å². The molecule has 1 heteroatoms. The fourth-order valence-corrected chi connectivity index (χ4v) is 2.25. The molecule has 0 spiro atoms. The summed E-state index contributed by atoms with van der Waals surface area (Å²) in [4.78, 5) is 0. The van der Waals surface area contributed by atoms with Crippen molar-refractivity contribution in [2.75, 3.05) is 0 Å². The lowest BCUT2D eigenvalue weighted by atomic mass is 9.90. The lowest BCUT2D eigenvalue weighted by molar-refractivity contribution is 0.0359. The third kappa shape index (κ3) is 12.2. The lowest BCUT2D eigenvalue weighted by Crippen LogP contribution is -2.23. The van der Waals surface area contributed by atoms with E-state index in [0.29, 0.717) is 0 Å². The number of rotatable bonds is 10. The lowest BCUT2D eigenvalue weighted by Gasteiger charge is -2.23. The van der Waals surface area contributed by atoms with Crippen molar-refractivity contribution in [3.63, 3.8) is 0 Å². The van der Waals surface area contributed by atoms with Gasteiger partial charge in [-0.2, -0.15) is 0 Å². The molecule has 0 fully saturated rings. The molecule has 0 aromatic rings. The van der Waals surface area contributed by atoms with E-state index >= 15 is 0 Å². The topological polar surface area (TPSA) is 20.2 Å². The van der Waals surface area contributed by atoms with Crippen molar-refractivity contribution in [1.82, 2.24) is 0 Å². The molecule has 0 radical (unpaired) electrons. The molecule has 1 unspecified atom stereocenters. The maximum atomic E-state index is 10.2. The minimum Gasteiger partial charge on any atom is -0.390 e. The van der Waals surface area contributed by atoms with Crippen molar-refractivity contribution in [3.05, 3.63) is 0 Å². The highest BCUT2D eigenvalue weighted by molar-refractivity contribution is 4.72. The van der Waals surface area contributed by atoms with E-state index in [4.69, 9.17) is 0 Å². The van der Waals surface area contributed by atoms with Gasteiger partial charge in [0, 0.05) is 0 Å². The Morgan fingerprint density at radius 2 is 1.24 bits per heavy atom. The predicted molar refractivity (Wildman–Crippen MR) is 77.2 cm³/mol. The first-order valence-electron chi connectivity index (χ1n) is 7.56. The second-order valence-corrected chi connectivity index (χ2v) is 6.78. The van der Waals surface area contributed by atoms with Crippen LogP contribution < -0.4 is 0 Å². The first kappa shape index (κ1) is 17.0. The highest BCUT2D eigenvalue weighted by Crippen LogP contribution is 2.23. The summed E-state index contributed by atoms with van der Waals surface area (Å²) in [6.45, 7) is 11.1. The monoisotopic (exact) mass is 242 g/mol. The molecule has 104 valence electrons. The maximum Gasteiger partial charge on any atom is 0.0619 e. The van der Waals surface area contributed by atoms with E-state index in [2.05, 4.69) is 27.7 Å². The van der Waals surface area contributed by atoms with Crippen LogP contribution in [0.3, 0.4) is 0 Å². The van der Waals surface area contributed by atoms with Crippen molar-refractivity contribution in [2.24, 2.45) is 11.8 Å². The Morgan fingerprint density at radius 1 is 0.765 bits per heavy atom. The number of hydrogen-bond donors (Lipinski definition) is 1. The van der Waals surface area contributed by atoms with Crippen LogP contribution in [-0.4, -0.2) is 10.7 Å². The molecule has 0 heterocycles. The van der Waals surface area contributed by atoms with E-state index in [0.717, 1.165) is 31.1 Å². The normalized spacial score (nSPS) is 15.5. The van der Waals surface area contributed by atoms with Gasteiger partial charge in [0.25, 0.3) is 0 Å². The Balaban J connectivity index is 3.50. The van der Waals surface area contributed by atoms with E-state index in [1.807, 2.05) is 6.92 Å². The van der Waals surface area contributed by atoms with Crippen LogP contribution >= 0.6 is 0 Å². The standard InChI is InChI=1S/C16H34O/c1-14(2)10-7-6-8-12-16(5,17)13-9-11-15(3)4/h14-15,17H,6-13H2,1-5H3. The molecule has 0 aromatic carbocycles. The zero-order valence-corrected chi connectivity index (χ0v) is 12.8. The average molecular weight is 242 g/mol. The fourth-order valence-electron chi connectivity index (χ4n) is 2.25. The van der Waals surface area contributed by atoms with Gasteiger partial charge in [0.15, 0.2) is 0 Å². The molecule has 0 aliphatic carbocycles. The van der Waals surface area contributed by atoms with Gasteiger partial charge < -0.3 is 5.11 Å². The largest absolute Gasteiger partial charge is 0.390 e. The molecular formula is C16H34O. The smallest absolute Gasteiger partial charge is 0.0619 e. The second-order valence-electron chi connectivity index (χ2n) is 6.78. The molecule has 0 amide bonds. The third-order valence-corrected chi connectivity index (χ3v) is 3.49. The Hall–Kier alpha value is -0.0400. The van der Waals surface area contributed by atoms with Gasteiger partial charge in [0.05, 0.1) is 5.60 Å². The third-order valence-electron chi connectivity index (χ3n) is 3.49. The summed E-state index contributed by atoms with van der Waals surface area (Å²) < 4.78 is 0. The summed E-state index contributed by atoms with van der Waals surface area (Å²) in [6, 6.07) is 0. The summed E-state index contributed by atoms with van der Waals surface area (Å²) in [5.41, 5.74) is -0.424. The van der Waals surface area contributed by atoms with Gasteiger partial charge in [0.2, 0.25) is 0 Å². The molecule has 0 saturated heterocycles. The Kier molecular flexibility index (Phi) is 8.94. The summed E-state index contributed by atoms with van der Waals surface area (Å²) in [5, 5.41) is 10.2. The van der Waals surface area contributed by atoms with Crippen molar-refractivity contribution >= 4 is 0 Å². The zero-order valence-electron chi connectivity index (χ0n) is 12.8. The summed E-state index contributed by atoms with van der Waals surface area (Å²) in [5.74, 6) is 1.58. The average Bonchev–Trinajstić information content (AvgIpc) is 2.15. The van der Waals surface area contributed by atoms with Crippen LogP contribution in [0.2, 0.25) is 0 Å². The SMILES string of the molecule is CC(C)CCCCCC(C)(O)CCCC(C)C. The van der Waals surface area contributed by atoms with Gasteiger partial charge in [-0.1, -0.05) is 66.2 Å². The Morgan fingerprint density at radius 3 is 1.76 bits per heavy atom. The van der Waals surface area contributed by atoms with E-state index in [1.165, 1.54) is 32.1 Å². The van der Waals surface area contributed by atoms with Crippen LogP contribution in [0, 0.1) is 11.8 Å². The van der Waals surface area contributed by atoms with Gasteiger partial charge in [0.1, 0.15) is 0 Å². The molecule has 0 saturated carbocycles. The van der Waals surface area contributed by atoms with Gasteiger partial charge in [-0.15, -0.1) is 0 Å². The first-order valence-corrected chi connectivity index (χ1v) is 7.56. The molecule has 1 atom stereocenters. The quantitative estimate of drug-likeness (QED) is 0.524. The summed E-state index contributed by atoms with van der Waals surface area (Å²) >= 11 is 0. The molecule has 1 N–H and O–H groups in total. The van der Waals surface area contributed by atoms with E-state index in [1.54, 1.807) is 0 Å². The second kappa shape index (κ2) is 8.97. The first-order chi connectivity index (χ1) is 7.83. The molecule has 0 aliphatic rings. The van der Waals surface area contributed by atoms with Crippen LogP contribution in [-0.2, 0) is 0 Å². The zero-order chi connectivity index (χ0) is 13.3. The molecule has 0 bridgehead atoms. The fraction of sp³-hybridized carbons (Fsp3) is 1.00. The van der Waals surface area contributed by atoms with Crippen LogP contribution in [0.25, 0.3) is 0 Å². The van der Waals surface area contributed by atoms with Gasteiger partial charge >= 0.3 is 0 Å². The minimum absolute atomic E-state index is 0.424. The maximum absolute atomic E-state index is 10.2. The highest BCUT2D eigenvalue weighted by Gasteiger charge is 2.19. The number of hydrogen-bond acceptors (Lipinski definition) is 1. The molecule has 17 heavy (non-hydrogen) atoms. The molecular weight excluding hydrogens is 208 g/mol. The Bertz CT molecular complexity index is 170. The van der Waals surface area contributed by atoms with Crippen LogP contribution in [0.15, 0.2) is 0 Å². The molecule has 1 nitrogen and oxygen atoms in total. The number of aliphatic hydroxyl groups is 1. The van der Waals surface area contributed by atoms with Gasteiger partial charge in [-0.05, 0) is 31.6 Å². The van der Waals surface area contributed by atoms with Crippen molar-refractivity contribution in [3.8, 4) is 0 Å². The molecule has 0 aromatic heterocycles. The van der Waals surface area contributed by atoms with E-state index < -0.39 is 5.60 Å². The van der Waals surface area contributed by atoms with Crippen molar-refractivity contribution in [1.29, 1.82) is 0 Å². The van der Waals surface area contributed by atoms with Gasteiger partial charge in [-0.3, -0.25) is 0 Å². The summed E-state index contributed by atoms with van der Waals surface area (Å²) in [6.07, 6.45) is 9.45. The highest BCUT2D eigenvalue weighted by atomic mass is 16.3. The van der Waals surface area contributed by atoms with Crippen molar-refractivity contribution < 1.29 is 5.11 Å². The minimum atomic E-state index is -0.424. The van der Waals surface area contributed by atoms with E-state index in [-0.39, 0.29) is 0 Å². The molecule has 0 rings (SSSR count). The Labute approximate surface area is 109 Å².